The van der Waals surface area contributed by atoms with Gasteiger partial charge in [-0.05, 0) is 50.4 Å². The molecule has 0 radical (unpaired) electrons. The summed E-state index contributed by atoms with van der Waals surface area (Å²) in [6, 6.07) is 0. The van der Waals surface area contributed by atoms with Crippen molar-refractivity contribution in [1.82, 2.24) is 0 Å². The van der Waals surface area contributed by atoms with Crippen molar-refractivity contribution in [3.05, 3.63) is 24.3 Å². The molecule has 0 aromatic rings. The van der Waals surface area contributed by atoms with Gasteiger partial charge in [0.05, 0.1) is 19.3 Å². The quantitative estimate of drug-likeness (QED) is 0.273. The lowest BCUT2D eigenvalue weighted by atomic mass is 9.62. The number of aliphatic hydroxyl groups excluding tert-OH is 2. The molecule has 0 aliphatic heterocycles. The van der Waals surface area contributed by atoms with Crippen LogP contribution in [0.3, 0.4) is 0 Å². The zero-order valence-electron chi connectivity index (χ0n) is 18.1. The number of hydrogen-bond acceptors (Lipinski definition) is 4. The van der Waals surface area contributed by atoms with Crippen molar-refractivity contribution in [2.24, 2.45) is 17.3 Å². The average molecular weight is 411 g/mol. The fraction of sp³-hybridized carbons (Fsp3) is 0.792. The van der Waals surface area contributed by atoms with Gasteiger partial charge in [-0.1, -0.05) is 44.1 Å². The van der Waals surface area contributed by atoms with Gasteiger partial charge in [0.25, 0.3) is 0 Å². The van der Waals surface area contributed by atoms with Crippen LogP contribution in [0.5, 0.6) is 0 Å². The van der Waals surface area contributed by atoms with Gasteiger partial charge in [0.1, 0.15) is 6.17 Å². The van der Waals surface area contributed by atoms with Crippen LogP contribution in [-0.2, 0) is 9.53 Å². The number of unbranched alkanes of at least 4 members (excludes halogenated alkanes) is 1. The smallest absolute Gasteiger partial charge is 0.305 e. The van der Waals surface area contributed by atoms with E-state index in [0.717, 1.165) is 38.5 Å². The molecule has 4 nitrogen and oxygen atoms in total. The van der Waals surface area contributed by atoms with Crippen molar-refractivity contribution < 1.29 is 24.1 Å². The molecule has 5 atom stereocenters. The van der Waals surface area contributed by atoms with Crippen molar-refractivity contribution in [2.75, 3.05) is 7.11 Å². The van der Waals surface area contributed by atoms with Crippen LogP contribution in [0.25, 0.3) is 0 Å². The third kappa shape index (κ3) is 6.65. The molecule has 2 aliphatic carbocycles. The highest BCUT2D eigenvalue weighted by Crippen LogP contribution is 2.48. The second-order valence-corrected chi connectivity index (χ2v) is 8.88. The summed E-state index contributed by atoms with van der Waals surface area (Å²) >= 11 is 0. The van der Waals surface area contributed by atoms with Crippen molar-refractivity contribution in [2.45, 2.75) is 95.9 Å². The van der Waals surface area contributed by atoms with Crippen LogP contribution in [0, 0.1) is 17.3 Å². The van der Waals surface area contributed by atoms with E-state index in [2.05, 4.69) is 11.7 Å². The predicted octanol–water partition coefficient (Wildman–Crippen LogP) is 4.89. The lowest BCUT2D eigenvalue weighted by Gasteiger charge is -2.45. The number of carbonyl (C=O) groups is 1. The van der Waals surface area contributed by atoms with Gasteiger partial charge in [0.15, 0.2) is 0 Å². The monoisotopic (exact) mass is 410 g/mol. The molecule has 1 unspecified atom stereocenters. The number of methoxy groups -OCH3 is 1. The summed E-state index contributed by atoms with van der Waals surface area (Å²) < 4.78 is 19.0. The van der Waals surface area contributed by atoms with E-state index in [1.807, 2.05) is 24.3 Å². The van der Waals surface area contributed by atoms with Crippen molar-refractivity contribution in [3.63, 3.8) is 0 Å². The van der Waals surface area contributed by atoms with Crippen molar-refractivity contribution >= 4 is 5.97 Å². The molecule has 2 rings (SSSR count). The van der Waals surface area contributed by atoms with E-state index in [-0.39, 0.29) is 35.7 Å². The molecular formula is C24H39FO4. The Bertz CT molecular complexity index is 555. The zero-order valence-corrected chi connectivity index (χ0v) is 18.1. The molecule has 2 aliphatic rings. The maximum absolute atomic E-state index is 14.4. The Morgan fingerprint density at radius 2 is 2.07 bits per heavy atom. The van der Waals surface area contributed by atoms with Crippen LogP contribution in [-0.4, -0.2) is 41.7 Å². The molecular weight excluding hydrogens is 371 g/mol. The highest BCUT2D eigenvalue weighted by Gasteiger charge is 2.42. The third-order valence-electron chi connectivity index (χ3n) is 6.95. The number of rotatable bonds is 12. The van der Waals surface area contributed by atoms with Crippen molar-refractivity contribution in [3.8, 4) is 0 Å². The first kappa shape index (κ1) is 24.1. The fourth-order valence-corrected chi connectivity index (χ4v) is 5.00. The van der Waals surface area contributed by atoms with Crippen LogP contribution in [0.1, 0.15) is 77.6 Å². The first-order valence-corrected chi connectivity index (χ1v) is 11.3. The molecule has 0 aromatic carbocycles. The Hall–Kier alpha value is -1.20. The molecule has 166 valence electrons. The molecule has 5 heteroatoms. The molecule has 0 aromatic heterocycles. The summed E-state index contributed by atoms with van der Waals surface area (Å²) in [6.45, 7) is 2.16. The highest BCUT2D eigenvalue weighted by molar-refractivity contribution is 5.69. The summed E-state index contributed by atoms with van der Waals surface area (Å²) in [7, 11) is 1.38. The second-order valence-electron chi connectivity index (χ2n) is 8.88. The van der Waals surface area contributed by atoms with Gasteiger partial charge in [-0.3, -0.25) is 4.79 Å². The maximum atomic E-state index is 14.4. The molecule has 29 heavy (non-hydrogen) atoms. The van der Waals surface area contributed by atoms with E-state index < -0.39 is 12.3 Å². The summed E-state index contributed by atoms with van der Waals surface area (Å²) in [6.07, 6.45) is 14.5. The number of carbonyl (C=O) groups excluding carboxylic acids is 1. The molecule has 0 spiro atoms. The van der Waals surface area contributed by atoms with E-state index in [9.17, 15) is 19.4 Å². The third-order valence-corrected chi connectivity index (χ3v) is 6.95. The van der Waals surface area contributed by atoms with Gasteiger partial charge in [-0.15, -0.1) is 0 Å². The van der Waals surface area contributed by atoms with Gasteiger partial charge < -0.3 is 14.9 Å². The SMILES string of the molecule is CCCC1(C(O)CC=C[C@@H]2[C@@H](CC=CCCCC(=O)OC)[C@H](F)C[C@H]2O)CCC1. The van der Waals surface area contributed by atoms with E-state index in [0.29, 0.717) is 19.3 Å². The molecule has 0 amide bonds. The first-order valence-electron chi connectivity index (χ1n) is 11.3. The number of hydrogen-bond donors (Lipinski definition) is 2. The summed E-state index contributed by atoms with van der Waals surface area (Å²) in [5, 5.41) is 21.0. The Kier molecular flexibility index (Phi) is 9.84. The Labute approximate surface area is 175 Å². The maximum Gasteiger partial charge on any atom is 0.305 e. The van der Waals surface area contributed by atoms with Gasteiger partial charge in [-0.2, -0.15) is 0 Å². The molecule has 0 bridgehead atoms. The standard InChI is InChI=1S/C24H39FO4/c1-3-14-24(15-9-16-24)22(27)12-8-11-19-18(20(25)17-21(19)26)10-6-4-5-7-13-23(28)29-2/h4,6,8,11,18-22,26-27H,3,5,7,9-10,12-17H2,1-2H3/t18-,19-,20-,21-,22?/m1/s1. The highest BCUT2D eigenvalue weighted by atomic mass is 19.1. The fourth-order valence-electron chi connectivity index (χ4n) is 5.00. The minimum atomic E-state index is -1.01. The minimum Gasteiger partial charge on any atom is -0.469 e. The van der Waals surface area contributed by atoms with Gasteiger partial charge in [-0.25, -0.2) is 4.39 Å². The first-order chi connectivity index (χ1) is 13.9. The van der Waals surface area contributed by atoms with E-state index in [4.69, 9.17) is 0 Å². The number of aliphatic hydroxyl groups is 2. The topological polar surface area (TPSA) is 66.8 Å². The van der Waals surface area contributed by atoms with Gasteiger partial charge >= 0.3 is 5.97 Å². The van der Waals surface area contributed by atoms with E-state index in [1.165, 1.54) is 13.5 Å². The minimum absolute atomic E-state index is 0.0718. The number of esters is 1. The second kappa shape index (κ2) is 11.8. The average Bonchev–Trinajstić information content (AvgIpc) is 2.93. The molecule has 0 saturated heterocycles. The van der Waals surface area contributed by atoms with E-state index >= 15 is 0 Å². The lowest BCUT2D eigenvalue weighted by molar-refractivity contribution is -0.140. The Morgan fingerprint density at radius 3 is 2.69 bits per heavy atom. The van der Waals surface area contributed by atoms with Crippen LogP contribution < -0.4 is 0 Å². The number of allylic oxidation sites excluding steroid dienone is 2. The summed E-state index contributed by atoms with van der Waals surface area (Å²) in [5.41, 5.74) is 0.0718. The summed E-state index contributed by atoms with van der Waals surface area (Å²) in [5.74, 6) is -0.653. The van der Waals surface area contributed by atoms with Gasteiger partial charge in [0.2, 0.25) is 0 Å². The Morgan fingerprint density at radius 1 is 1.31 bits per heavy atom. The molecule has 2 N–H and O–H groups in total. The molecule has 2 fully saturated rings. The number of alkyl halides is 1. The van der Waals surface area contributed by atoms with E-state index in [1.54, 1.807) is 0 Å². The van der Waals surface area contributed by atoms with Gasteiger partial charge in [0, 0.05) is 24.7 Å². The van der Waals surface area contributed by atoms with Crippen LogP contribution in [0.4, 0.5) is 4.39 Å². The number of halogens is 1. The largest absolute Gasteiger partial charge is 0.469 e. The molecule has 2 saturated carbocycles. The predicted molar refractivity (Wildman–Crippen MR) is 113 cm³/mol. The van der Waals surface area contributed by atoms with Crippen molar-refractivity contribution in [1.29, 1.82) is 0 Å². The van der Waals surface area contributed by atoms with Crippen LogP contribution in [0.15, 0.2) is 24.3 Å². The lowest BCUT2D eigenvalue weighted by Crippen LogP contribution is -2.41. The molecule has 0 heterocycles. The number of ether oxygens (including phenoxy) is 1. The summed E-state index contributed by atoms with van der Waals surface area (Å²) in [4.78, 5) is 11.1. The normalized spacial score (nSPS) is 30.0. The van der Waals surface area contributed by atoms with Crippen LogP contribution >= 0.6 is 0 Å². The zero-order chi connectivity index (χ0) is 21.3. The Balaban J connectivity index is 1.82. The van der Waals surface area contributed by atoms with Crippen LogP contribution in [0.2, 0.25) is 0 Å².